The van der Waals surface area contributed by atoms with Gasteiger partial charge >= 0.3 is 0 Å². The lowest BCUT2D eigenvalue weighted by molar-refractivity contribution is 1.08. The average Bonchev–Trinajstić information content (AvgIpc) is 3.57. The third kappa shape index (κ3) is 4.61. The first-order valence-corrected chi connectivity index (χ1v) is 17.3. The maximum atomic E-state index is 5.16. The summed E-state index contributed by atoms with van der Waals surface area (Å²) >= 11 is 1.89. The topological polar surface area (TPSA) is 38.7 Å². The maximum absolute atomic E-state index is 5.16. The van der Waals surface area contributed by atoms with Gasteiger partial charge in [-0.25, -0.2) is 15.0 Å². The minimum Gasteiger partial charge on any atom is -0.208 e. The van der Waals surface area contributed by atoms with E-state index in [4.69, 9.17) is 15.0 Å². The summed E-state index contributed by atoms with van der Waals surface area (Å²) in [7, 11) is 0. The van der Waals surface area contributed by atoms with Crippen LogP contribution in [0.2, 0.25) is 0 Å². The Bertz CT molecular complexity index is 2880. The minimum absolute atomic E-state index is 0.659. The molecule has 0 aliphatic heterocycles. The first-order valence-electron chi connectivity index (χ1n) is 16.4. The molecule has 0 saturated heterocycles. The molecule has 0 unspecified atom stereocenters. The summed E-state index contributed by atoms with van der Waals surface area (Å²) in [6, 6.07) is 57.9. The number of hydrogen-bond donors (Lipinski definition) is 0. The van der Waals surface area contributed by atoms with Crippen LogP contribution in [0.5, 0.6) is 0 Å². The highest BCUT2D eigenvalue weighted by Crippen LogP contribution is 2.45. The smallest absolute Gasteiger partial charge is 0.164 e. The van der Waals surface area contributed by atoms with E-state index in [1.54, 1.807) is 0 Å². The Morgan fingerprint density at radius 3 is 1.71 bits per heavy atom. The lowest BCUT2D eigenvalue weighted by Gasteiger charge is -2.12. The average molecular weight is 642 g/mol. The van der Waals surface area contributed by atoms with Crippen LogP contribution in [0.3, 0.4) is 0 Å². The van der Waals surface area contributed by atoms with Crippen LogP contribution in [0, 0.1) is 0 Å². The molecule has 228 valence electrons. The lowest BCUT2D eigenvalue weighted by atomic mass is 9.96. The van der Waals surface area contributed by atoms with Crippen LogP contribution in [-0.2, 0) is 0 Å². The normalized spacial score (nSPS) is 11.7. The van der Waals surface area contributed by atoms with Crippen molar-refractivity contribution in [2.24, 2.45) is 0 Å². The van der Waals surface area contributed by atoms with Crippen molar-refractivity contribution in [1.82, 2.24) is 15.0 Å². The summed E-state index contributed by atoms with van der Waals surface area (Å²) < 4.78 is 2.62. The van der Waals surface area contributed by atoms with Crippen molar-refractivity contribution in [3.63, 3.8) is 0 Å². The van der Waals surface area contributed by atoms with Crippen LogP contribution in [0.1, 0.15) is 0 Å². The Kier molecular flexibility index (Phi) is 6.36. The standard InChI is InChI=1S/C45H27N3S/c1-3-12-29(13-4-1)34-17-9-19-37-38-26-24-30-23-25-35-36(40(30)42(38)49-41(34)37)18-10-20-39(35)45-47-43(31-14-5-2-6-15-31)46-44(48-45)33-22-21-28-11-7-8-16-32(28)27-33/h1-27H. The number of thiophene rings is 1. The second-order valence-corrected chi connectivity index (χ2v) is 13.4. The van der Waals surface area contributed by atoms with E-state index in [0.29, 0.717) is 17.5 Å². The first-order chi connectivity index (χ1) is 24.3. The fourth-order valence-corrected chi connectivity index (χ4v) is 8.55. The van der Waals surface area contributed by atoms with Crippen molar-refractivity contribution in [2.75, 3.05) is 0 Å². The van der Waals surface area contributed by atoms with E-state index in [1.807, 2.05) is 29.5 Å². The fraction of sp³-hybridized carbons (Fsp3) is 0. The van der Waals surface area contributed by atoms with E-state index in [1.165, 1.54) is 52.8 Å². The van der Waals surface area contributed by atoms with Crippen LogP contribution >= 0.6 is 11.3 Å². The summed E-state index contributed by atoms with van der Waals surface area (Å²) in [4.78, 5) is 15.3. The van der Waals surface area contributed by atoms with Gasteiger partial charge in [0.1, 0.15) is 0 Å². The molecule has 2 heterocycles. The van der Waals surface area contributed by atoms with Crippen molar-refractivity contribution in [1.29, 1.82) is 0 Å². The molecule has 49 heavy (non-hydrogen) atoms. The highest BCUT2D eigenvalue weighted by molar-refractivity contribution is 7.27. The molecule has 0 atom stereocenters. The fourth-order valence-electron chi connectivity index (χ4n) is 7.14. The summed E-state index contributed by atoms with van der Waals surface area (Å²) in [5.41, 5.74) is 5.42. The molecule has 2 aromatic heterocycles. The molecular formula is C45H27N3S. The summed E-state index contributed by atoms with van der Waals surface area (Å²) in [5, 5.41) is 9.73. The third-order valence-corrected chi connectivity index (χ3v) is 10.8. The molecule has 0 radical (unpaired) electrons. The molecule has 0 amide bonds. The lowest BCUT2D eigenvalue weighted by Crippen LogP contribution is -2.00. The summed E-state index contributed by atoms with van der Waals surface area (Å²) in [6.45, 7) is 0. The highest BCUT2D eigenvalue weighted by atomic mass is 32.1. The zero-order valence-corrected chi connectivity index (χ0v) is 27.2. The molecule has 3 nitrogen and oxygen atoms in total. The molecular weight excluding hydrogens is 615 g/mol. The van der Waals surface area contributed by atoms with E-state index >= 15 is 0 Å². The zero-order valence-electron chi connectivity index (χ0n) is 26.3. The van der Waals surface area contributed by atoms with Crippen molar-refractivity contribution in [2.45, 2.75) is 0 Å². The van der Waals surface area contributed by atoms with Gasteiger partial charge in [-0.05, 0) is 44.1 Å². The van der Waals surface area contributed by atoms with Crippen LogP contribution in [0.25, 0.3) is 97.8 Å². The van der Waals surface area contributed by atoms with E-state index in [-0.39, 0.29) is 0 Å². The maximum Gasteiger partial charge on any atom is 0.164 e. The van der Waals surface area contributed by atoms with Crippen molar-refractivity contribution in [3.8, 4) is 45.3 Å². The quantitative estimate of drug-likeness (QED) is 0.180. The van der Waals surface area contributed by atoms with Crippen molar-refractivity contribution < 1.29 is 0 Å². The largest absolute Gasteiger partial charge is 0.208 e. The Morgan fingerprint density at radius 2 is 0.918 bits per heavy atom. The second-order valence-electron chi connectivity index (χ2n) is 12.4. The monoisotopic (exact) mass is 641 g/mol. The van der Waals surface area contributed by atoms with Crippen molar-refractivity contribution in [3.05, 3.63) is 164 Å². The molecule has 0 fully saturated rings. The highest BCUT2D eigenvalue weighted by Gasteiger charge is 2.18. The molecule has 0 aliphatic rings. The van der Waals surface area contributed by atoms with Gasteiger partial charge < -0.3 is 0 Å². The van der Waals surface area contributed by atoms with E-state index in [2.05, 4.69) is 146 Å². The van der Waals surface area contributed by atoms with Crippen molar-refractivity contribution >= 4 is 63.8 Å². The molecule has 8 aromatic carbocycles. The van der Waals surface area contributed by atoms with Gasteiger partial charge in [-0.2, -0.15) is 0 Å². The van der Waals surface area contributed by atoms with Gasteiger partial charge in [0.15, 0.2) is 17.5 Å². The minimum atomic E-state index is 0.659. The zero-order chi connectivity index (χ0) is 32.3. The van der Waals surface area contributed by atoms with Gasteiger partial charge in [0, 0.05) is 42.2 Å². The second kappa shape index (κ2) is 11.2. The first kappa shape index (κ1) is 27.8. The third-order valence-electron chi connectivity index (χ3n) is 9.51. The van der Waals surface area contributed by atoms with Crippen LogP contribution < -0.4 is 0 Å². The summed E-state index contributed by atoms with van der Waals surface area (Å²) in [6.07, 6.45) is 0. The molecule has 0 aliphatic carbocycles. The Labute approximate surface area is 286 Å². The molecule has 4 heteroatoms. The SMILES string of the molecule is c1ccc(-c2nc(-c3ccc4ccccc4c3)nc(-c3cccc4c3ccc3ccc5c6cccc(-c7ccccc7)c6sc5c34)n2)cc1. The van der Waals surface area contributed by atoms with Crippen LogP contribution in [0.4, 0.5) is 0 Å². The molecule has 0 bridgehead atoms. The predicted octanol–water partition coefficient (Wildman–Crippen LogP) is 12.4. The molecule has 0 N–H and O–H groups in total. The number of hydrogen-bond acceptors (Lipinski definition) is 4. The van der Waals surface area contributed by atoms with Gasteiger partial charge in [0.2, 0.25) is 0 Å². The van der Waals surface area contributed by atoms with Gasteiger partial charge in [0.25, 0.3) is 0 Å². The molecule has 0 spiro atoms. The number of fused-ring (bicyclic) bond motifs is 8. The van der Waals surface area contributed by atoms with E-state index in [9.17, 15) is 0 Å². The Balaban J connectivity index is 1.22. The van der Waals surface area contributed by atoms with Crippen LogP contribution in [-0.4, -0.2) is 15.0 Å². The molecule has 0 saturated carbocycles. The Hall–Kier alpha value is -6.23. The molecule has 10 rings (SSSR count). The van der Waals surface area contributed by atoms with E-state index < -0.39 is 0 Å². The predicted molar refractivity (Wildman–Crippen MR) is 207 cm³/mol. The number of benzene rings is 8. The summed E-state index contributed by atoms with van der Waals surface area (Å²) in [5.74, 6) is 1.98. The van der Waals surface area contributed by atoms with Gasteiger partial charge in [-0.3, -0.25) is 0 Å². The number of aromatic nitrogens is 3. The van der Waals surface area contributed by atoms with Crippen LogP contribution in [0.15, 0.2) is 164 Å². The number of rotatable bonds is 4. The van der Waals surface area contributed by atoms with Gasteiger partial charge in [0.05, 0.1) is 0 Å². The molecule has 10 aromatic rings. The van der Waals surface area contributed by atoms with Gasteiger partial charge in [-0.15, -0.1) is 11.3 Å². The van der Waals surface area contributed by atoms with E-state index in [0.717, 1.165) is 27.5 Å². The Morgan fingerprint density at radius 1 is 0.327 bits per heavy atom. The number of nitrogens with zero attached hydrogens (tertiary/aromatic N) is 3. The van der Waals surface area contributed by atoms with Gasteiger partial charge in [-0.1, -0.05) is 158 Å².